The van der Waals surface area contributed by atoms with Crippen molar-refractivity contribution >= 4 is 29.5 Å². The lowest BCUT2D eigenvalue weighted by Gasteiger charge is -2.39. The molecule has 5 rings (SSSR count). The van der Waals surface area contributed by atoms with Crippen molar-refractivity contribution in [3.05, 3.63) is 0 Å². The van der Waals surface area contributed by atoms with Crippen molar-refractivity contribution in [1.29, 1.82) is 0 Å². The number of ketones is 1. The van der Waals surface area contributed by atoms with Gasteiger partial charge in [0.1, 0.15) is 12.1 Å². The first-order valence-electron chi connectivity index (χ1n) is 19.1. The Labute approximate surface area is 299 Å². The molecule has 2 heterocycles. The maximum Gasteiger partial charge on any atom is 0.315 e. The van der Waals surface area contributed by atoms with Crippen molar-refractivity contribution in [2.45, 2.75) is 150 Å². The number of ether oxygens (including phenoxy) is 1. The van der Waals surface area contributed by atoms with Crippen molar-refractivity contribution in [3.63, 3.8) is 0 Å². The summed E-state index contributed by atoms with van der Waals surface area (Å²) in [5.74, 6) is -2.22. The number of rotatable bonds is 12. The molecule has 0 aromatic heterocycles. The number of likely N-dealkylation sites (tertiary alicyclic amines) is 1. The third-order valence-corrected chi connectivity index (χ3v) is 13.5. The van der Waals surface area contributed by atoms with Crippen molar-refractivity contribution < 1.29 is 28.7 Å². The van der Waals surface area contributed by atoms with Crippen LogP contribution in [0.4, 0.5) is 4.79 Å². The summed E-state index contributed by atoms with van der Waals surface area (Å²) in [5, 5.41) is 9.08. The van der Waals surface area contributed by atoms with E-state index in [9.17, 15) is 24.0 Å². The van der Waals surface area contributed by atoms with E-state index in [-0.39, 0.29) is 52.2 Å². The molecule has 2 saturated heterocycles. The Balaban J connectivity index is 1.36. The highest BCUT2D eigenvalue weighted by atomic mass is 16.5. The van der Waals surface area contributed by atoms with Crippen LogP contribution in [0.3, 0.4) is 0 Å². The fourth-order valence-electron chi connectivity index (χ4n) is 10.1. The maximum atomic E-state index is 14.8. The van der Waals surface area contributed by atoms with Gasteiger partial charge in [0.15, 0.2) is 0 Å². The fraction of sp³-hybridized carbons (Fsp3) is 0.868. The standard InChI is InChI=1S/C38H64N6O6/c1-22(2)27(20-43-18-23(3)50-24(4)19-43)41-34(49)42-30(35(5,6)7)33(48)44-21-38(36(8,9)37(38)14-11-15-37)17-28(44)32(47)40-26(29(45)31(39)46)16-25-12-10-13-25/h22-28,30H,10-21H2,1-9H3,(H2,39,46)(H,40,47)(H2,41,42,49)/t23-,24-,26?,27+,28-,30+,38+/m0/s1. The molecule has 12 heteroatoms. The second-order valence-electron chi connectivity index (χ2n) is 18.4. The average Bonchev–Trinajstić information content (AvgIpc) is 3.18. The lowest BCUT2D eigenvalue weighted by molar-refractivity contribution is -0.143. The quantitative estimate of drug-likeness (QED) is 0.227. The first kappa shape index (κ1) is 38.5. The molecule has 3 saturated carbocycles. The number of nitrogens with one attached hydrogen (secondary N) is 3. The SMILES string of the molecule is CC(C)[C@@H](CN1C[C@H](C)O[C@@H](C)C1)NC(=O)N[C@H](C(=O)N1C[C@]2(C[C@H]1C(=O)NC(CC1CCC1)C(=O)C(N)=O)C(C)(C)C21CCC1)C(C)(C)C. The zero-order valence-corrected chi connectivity index (χ0v) is 32.0. The first-order chi connectivity index (χ1) is 23.2. The summed E-state index contributed by atoms with van der Waals surface area (Å²) in [6.45, 7) is 21.2. The predicted octanol–water partition coefficient (Wildman–Crippen LogP) is 3.36. The second kappa shape index (κ2) is 14.0. The minimum atomic E-state index is -1.07. The van der Waals surface area contributed by atoms with Gasteiger partial charge in [0, 0.05) is 37.6 Å². The summed E-state index contributed by atoms with van der Waals surface area (Å²) >= 11 is 0. The first-order valence-corrected chi connectivity index (χ1v) is 19.1. The second-order valence-corrected chi connectivity index (χ2v) is 18.4. The number of carbonyl (C=O) groups is 5. The van der Waals surface area contributed by atoms with Crippen LogP contribution in [0.25, 0.3) is 0 Å². The molecule has 282 valence electrons. The zero-order chi connectivity index (χ0) is 37.0. The van der Waals surface area contributed by atoms with Gasteiger partial charge in [0.2, 0.25) is 17.6 Å². The van der Waals surface area contributed by atoms with E-state index in [1.165, 1.54) is 0 Å². The number of nitrogens with zero attached hydrogens (tertiary/aromatic N) is 2. The number of urea groups is 1. The molecule has 3 aliphatic carbocycles. The van der Waals surface area contributed by atoms with E-state index >= 15 is 0 Å². The Hall–Kier alpha value is -2.73. The van der Waals surface area contributed by atoms with Crippen LogP contribution in [0.2, 0.25) is 0 Å². The van der Waals surface area contributed by atoms with Crippen molar-refractivity contribution in [2.24, 2.45) is 39.2 Å². The molecule has 0 bridgehead atoms. The van der Waals surface area contributed by atoms with Crippen LogP contribution in [0, 0.1) is 33.5 Å². The largest absolute Gasteiger partial charge is 0.373 e. The molecule has 0 aromatic rings. The molecular weight excluding hydrogens is 636 g/mol. The lowest BCUT2D eigenvalue weighted by Crippen LogP contribution is -2.61. The summed E-state index contributed by atoms with van der Waals surface area (Å²) in [4.78, 5) is 71.7. The Morgan fingerprint density at radius 3 is 2.00 bits per heavy atom. The average molecular weight is 701 g/mol. The van der Waals surface area contributed by atoms with Crippen LogP contribution >= 0.6 is 0 Å². The maximum absolute atomic E-state index is 14.8. The number of Topliss-reactive ketones (excluding diaryl/α,β-unsaturated/α-hetero) is 1. The van der Waals surface area contributed by atoms with Crippen LogP contribution in [0.1, 0.15) is 114 Å². The predicted molar refractivity (Wildman–Crippen MR) is 191 cm³/mol. The number of nitrogens with two attached hydrogens (primary N) is 1. The highest BCUT2D eigenvalue weighted by molar-refractivity contribution is 6.37. The van der Waals surface area contributed by atoms with Crippen LogP contribution in [-0.2, 0) is 23.9 Å². The van der Waals surface area contributed by atoms with E-state index in [0.29, 0.717) is 25.9 Å². The van der Waals surface area contributed by atoms with E-state index in [1.54, 1.807) is 4.90 Å². The molecule has 0 radical (unpaired) electrons. The molecule has 5 amide bonds. The van der Waals surface area contributed by atoms with Gasteiger partial charge in [-0.2, -0.15) is 0 Å². The number of primary amides is 1. The van der Waals surface area contributed by atoms with E-state index in [1.807, 2.05) is 20.8 Å². The van der Waals surface area contributed by atoms with E-state index < -0.39 is 47.2 Å². The smallest absolute Gasteiger partial charge is 0.315 e. The third kappa shape index (κ3) is 7.04. The van der Waals surface area contributed by atoms with Crippen molar-refractivity contribution in [2.75, 3.05) is 26.2 Å². The van der Waals surface area contributed by atoms with Gasteiger partial charge < -0.3 is 31.3 Å². The molecule has 0 aromatic carbocycles. The third-order valence-electron chi connectivity index (χ3n) is 13.5. The van der Waals surface area contributed by atoms with Gasteiger partial charge in [0.25, 0.3) is 5.91 Å². The van der Waals surface area contributed by atoms with Gasteiger partial charge in [-0.15, -0.1) is 0 Å². The Morgan fingerprint density at radius 1 is 0.920 bits per heavy atom. The Bertz CT molecular complexity index is 1330. The van der Waals surface area contributed by atoms with Crippen LogP contribution in [-0.4, -0.2) is 102 Å². The minimum Gasteiger partial charge on any atom is -0.373 e. The molecule has 5 N–H and O–H groups in total. The van der Waals surface area contributed by atoms with Gasteiger partial charge in [-0.25, -0.2) is 4.79 Å². The van der Waals surface area contributed by atoms with E-state index in [2.05, 4.69) is 62.4 Å². The number of hydrogen-bond acceptors (Lipinski definition) is 7. The fourth-order valence-corrected chi connectivity index (χ4v) is 10.1. The molecule has 12 nitrogen and oxygen atoms in total. The monoisotopic (exact) mass is 700 g/mol. The molecule has 50 heavy (non-hydrogen) atoms. The number of hydrogen-bond donors (Lipinski definition) is 4. The number of amides is 5. The van der Waals surface area contributed by atoms with Gasteiger partial charge in [-0.05, 0) is 67.6 Å². The summed E-state index contributed by atoms with van der Waals surface area (Å²) in [6.07, 6.45) is 7.23. The molecule has 5 aliphatic rings. The van der Waals surface area contributed by atoms with Gasteiger partial charge in [-0.1, -0.05) is 74.1 Å². The lowest BCUT2D eigenvalue weighted by atomic mass is 9.73. The topological polar surface area (TPSA) is 163 Å². The summed E-state index contributed by atoms with van der Waals surface area (Å²) in [5.41, 5.74) is 4.50. The van der Waals surface area contributed by atoms with Crippen LogP contribution in [0.15, 0.2) is 0 Å². The van der Waals surface area contributed by atoms with E-state index in [0.717, 1.165) is 51.6 Å². The molecule has 1 unspecified atom stereocenters. The summed E-state index contributed by atoms with van der Waals surface area (Å²) in [6, 6.07) is -3.35. The molecular formula is C38H64N6O6. The van der Waals surface area contributed by atoms with E-state index in [4.69, 9.17) is 10.5 Å². The summed E-state index contributed by atoms with van der Waals surface area (Å²) in [7, 11) is 0. The number of fused-ring (bicyclic) bond motifs is 1. The Kier molecular flexibility index (Phi) is 10.8. The van der Waals surface area contributed by atoms with Gasteiger partial charge in [0.05, 0.1) is 18.2 Å². The molecule has 7 atom stereocenters. The van der Waals surface area contributed by atoms with Crippen LogP contribution < -0.4 is 21.7 Å². The summed E-state index contributed by atoms with van der Waals surface area (Å²) < 4.78 is 5.90. The molecule has 2 aliphatic heterocycles. The zero-order valence-electron chi connectivity index (χ0n) is 32.0. The van der Waals surface area contributed by atoms with Gasteiger partial charge in [-0.3, -0.25) is 24.1 Å². The van der Waals surface area contributed by atoms with Crippen molar-refractivity contribution in [3.8, 4) is 0 Å². The number of morpholine rings is 1. The molecule has 2 spiro atoms. The van der Waals surface area contributed by atoms with Crippen LogP contribution in [0.5, 0.6) is 0 Å². The Morgan fingerprint density at radius 2 is 1.54 bits per heavy atom. The van der Waals surface area contributed by atoms with Gasteiger partial charge >= 0.3 is 6.03 Å². The normalized spacial score (nSPS) is 30.6. The minimum absolute atomic E-state index is 0.0585. The molecule has 5 fully saturated rings. The highest BCUT2D eigenvalue weighted by Gasteiger charge is 2.85. The van der Waals surface area contributed by atoms with Crippen molar-refractivity contribution in [1.82, 2.24) is 25.8 Å². The number of carbonyl (C=O) groups excluding carboxylic acids is 5. The highest BCUT2D eigenvalue weighted by Crippen LogP contribution is 2.88.